The molecule has 29 heteroatoms. The molecule has 0 saturated carbocycles. The number of aliphatic carboxylic acids is 3. The van der Waals surface area contributed by atoms with Crippen LogP contribution in [0.1, 0.15) is 336 Å². The Balaban J connectivity index is 0.000000187. The molecule has 139 heavy (non-hydrogen) atoms. The van der Waals surface area contributed by atoms with Crippen LogP contribution in [-0.2, 0) is 33.9 Å². The summed E-state index contributed by atoms with van der Waals surface area (Å²) in [6.45, 7) is 99.8. The van der Waals surface area contributed by atoms with Crippen LogP contribution in [0.25, 0.3) is 0 Å². The number of ether oxygens (including phenoxy) is 1. The summed E-state index contributed by atoms with van der Waals surface area (Å²) in [6.07, 6.45) is 5.45. The maximum Gasteiger partial charge on any atom is 0.321 e. The molecule has 4 unspecified atom stereocenters. The van der Waals surface area contributed by atoms with Crippen LogP contribution in [0, 0.1) is 82.7 Å². The van der Waals surface area contributed by atoms with Crippen LogP contribution in [0.5, 0.6) is 0 Å². The number of halogens is 2. The number of sulfonamides is 1. The van der Waals surface area contributed by atoms with Gasteiger partial charge in [-0.3, -0.25) is 58.9 Å². The smallest absolute Gasteiger partial charge is 0.321 e. The van der Waals surface area contributed by atoms with E-state index >= 15 is 0 Å². The molecule has 8 saturated heterocycles. The van der Waals surface area contributed by atoms with Gasteiger partial charge in [0.05, 0.1) is 98.1 Å². The van der Waals surface area contributed by atoms with Gasteiger partial charge in [-0.1, -0.05) is 249 Å². The minimum atomic E-state index is -3.25. The topological polar surface area (TPSA) is 296 Å². The van der Waals surface area contributed by atoms with Gasteiger partial charge in [-0.25, -0.2) is 21.9 Å². The Morgan fingerprint density at radius 2 is 0.590 bits per heavy atom. The highest BCUT2D eigenvalue weighted by atomic mass is 32.2. The molecule has 0 aromatic carbocycles. The van der Waals surface area contributed by atoms with Gasteiger partial charge in [-0.05, 0) is 146 Å². The standard InChI is InChI=1S/C21H33F2N3O2.C20H35N3O.C18H31N3O.C17H31N3O2S.2C17H28N2O2/c1-12-15(19(2,3)4)16-13(8-9-25(16)18(24-12)20(5,6)7)26-11-21(22,23)10-14(26)17(27)28;1-14-16(19(2,3)4)17-15(22-10-12-24-13-11-22)8-9-23(17)18(21-14)20(5,6)7;1-11-13(17(2,3)4)14-12(15(22)19-8)9-10-21(14)16(20-11)18(5,6)7;1-11-13(16(2,3)4)14-12(19-23(8,21)22)9-10-20(14)15(18-11)17(5,6)7;2*1-10-12(16(2,3)4)13-11(14(20)21)8-9-19(13)15(18-10)17(5,6)7/h12-14H,8-11H2,1-7H3,(H,27,28);14-15H,8-13H2,1-7H3;11-12H,9-10H2,1-8H3,(H,19,22);11-12,19H,9-10H2,1-8H3;2*10-11H,8-9H2,1-7H3,(H,20,21)/t12-,13?,14-;14-,15?;11-,12?;11-,12-;10-,11?;10-,11-/m000000/s1. The number of amides is 1. The lowest BCUT2D eigenvalue weighted by Gasteiger charge is -2.44. The van der Waals surface area contributed by atoms with Gasteiger partial charge in [0.1, 0.15) is 41.1 Å². The molecular formula is C110H186F2N16O10S. The van der Waals surface area contributed by atoms with E-state index in [2.05, 4.69) is 335 Å². The summed E-state index contributed by atoms with van der Waals surface area (Å²) in [6, 6.07) is -0.605. The predicted octanol–water partition coefficient (Wildman–Crippen LogP) is 20.6. The van der Waals surface area contributed by atoms with E-state index in [0.29, 0.717) is 31.8 Å². The normalized spacial score (nSPS) is 28.0. The summed E-state index contributed by atoms with van der Waals surface area (Å²) >= 11 is 0. The monoisotopic (exact) mass is 1960 g/mol. The Hall–Kier alpha value is -7.21. The number of nitrogens with one attached hydrogen (secondary N) is 2. The summed E-state index contributed by atoms with van der Waals surface area (Å²) in [5.41, 5.74) is 13.9. The Morgan fingerprint density at radius 3 is 0.863 bits per heavy atom. The van der Waals surface area contributed by atoms with E-state index in [1.807, 2.05) is 0 Å². The maximum absolute atomic E-state index is 14.2. The summed E-state index contributed by atoms with van der Waals surface area (Å²) in [5.74, 6) is 0.205. The van der Waals surface area contributed by atoms with E-state index in [9.17, 15) is 51.7 Å². The van der Waals surface area contributed by atoms with Crippen molar-refractivity contribution in [3.63, 3.8) is 0 Å². The number of rotatable bonds is 8. The van der Waals surface area contributed by atoms with Gasteiger partial charge < -0.3 is 54.8 Å². The first kappa shape index (κ1) is 115. The lowest BCUT2D eigenvalue weighted by Crippen LogP contribution is -2.49. The summed E-state index contributed by atoms with van der Waals surface area (Å²) in [4.78, 5) is 95.4. The van der Waals surface area contributed by atoms with Crippen LogP contribution in [0.4, 0.5) is 8.78 Å². The Kier molecular flexibility index (Phi) is 33.7. The maximum atomic E-state index is 14.2. The number of carbonyl (C=O) groups excluding carboxylic acids is 1. The molecule has 0 aromatic rings. The van der Waals surface area contributed by atoms with Crippen LogP contribution in [0.15, 0.2) is 97.6 Å². The molecule has 14 rings (SSSR count). The molecule has 1 amide bonds. The number of amidine groups is 6. The van der Waals surface area contributed by atoms with Crippen molar-refractivity contribution in [3.8, 4) is 0 Å². The van der Waals surface area contributed by atoms with Crippen LogP contribution < -0.4 is 10.0 Å². The second-order valence-electron chi connectivity index (χ2n) is 53.9. The van der Waals surface area contributed by atoms with Crippen molar-refractivity contribution >= 4 is 68.9 Å². The molecule has 13 atom stereocenters. The number of fused-ring (bicyclic) bond motifs is 6. The van der Waals surface area contributed by atoms with Gasteiger partial charge in [0, 0.05) is 132 Å². The third kappa shape index (κ3) is 25.5. The summed E-state index contributed by atoms with van der Waals surface area (Å²) in [5, 5.41) is 31.7. The van der Waals surface area contributed by atoms with E-state index in [0.717, 1.165) is 129 Å². The zero-order valence-electron chi connectivity index (χ0n) is 94.4. The predicted molar refractivity (Wildman–Crippen MR) is 564 cm³/mol. The third-order valence-electron chi connectivity index (χ3n) is 29.0. The fourth-order valence-electron chi connectivity index (χ4n) is 24.6. The zero-order valence-corrected chi connectivity index (χ0v) is 95.2. The quantitative estimate of drug-likeness (QED) is 0.151. The first-order chi connectivity index (χ1) is 62.8. The Labute approximate surface area is 837 Å². The van der Waals surface area contributed by atoms with Crippen molar-refractivity contribution in [2.75, 3.05) is 85.4 Å². The number of carboxylic acids is 3. The fraction of sp³-hybridized carbons (Fsp3) is 0.800. The summed E-state index contributed by atoms with van der Waals surface area (Å²) in [7, 11) is -1.52. The van der Waals surface area contributed by atoms with E-state index in [1.54, 1.807) is 12.7 Å². The molecule has 8 fully saturated rings. The molecule has 14 aliphatic rings. The first-order valence-electron chi connectivity index (χ1n) is 51.8. The minimum absolute atomic E-state index is 0.0104. The van der Waals surface area contributed by atoms with E-state index in [1.165, 1.54) is 57.0 Å². The van der Waals surface area contributed by atoms with Gasteiger partial charge in [-0.15, -0.1) is 0 Å². The number of carboxylic acid groups (broad SMARTS) is 3. The van der Waals surface area contributed by atoms with Crippen molar-refractivity contribution in [2.24, 2.45) is 113 Å². The molecule has 14 heterocycles. The van der Waals surface area contributed by atoms with Crippen LogP contribution >= 0.6 is 0 Å². The van der Waals surface area contributed by atoms with Crippen LogP contribution in [0.3, 0.4) is 0 Å². The van der Waals surface area contributed by atoms with Gasteiger partial charge in [-0.2, -0.15) is 0 Å². The average Bonchev–Trinajstić information content (AvgIpc) is 1.57. The molecular weight excluding hydrogens is 1780 g/mol. The second kappa shape index (κ2) is 40.7. The SMILES string of the molecule is CNC(=O)C1CCN2C(C(C)(C)C)=N[C@@H](C)C(C(C)(C)C)=C12.C[C@@H]1N=C(C(C)(C)C)N2CCC(C(=O)O)C2=C1C(C)(C)C.C[C@@H]1N=C(C(C)(C)C)N2CCC(N3CC(F)(F)C[C@H]3C(=O)O)C2=C1C(C)(C)C.C[C@@H]1N=C(C(C)(C)C)N2CCC(N3CCOCC3)C2=C1C(C)(C)C.C[C@@H]1N=C(C(C)(C)C)N2CC[C@H](C(=O)O)C2=C1C(C)(C)C.C[C@@H]1N=C(C(C)(C)C)N2CC[C@H](NS(C)(=O)=O)C2=C1C(C)(C)C. The van der Waals surface area contributed by atoms with Crippen molar-refractivity contribution in [2.45, 2.75) is 402 Å². The summed E-state index contributed by atoms with van der Waals surface area (Å²) < 4.78 is 60.4. The number of alkyl halides is 2. The van der Waals surface area contributed by atoms with Crippen molar-refractivity contribution < 1.29 is 56.4 Å². The first-order valence-corrected chi connectivity index (χ1v) is 53.7. The molecule has 5 N–H and O–H groups in total. The van der Waals surface area contributed by atoms with E-state index in [-0.39, 0.29) is 125 Å². The van der Waals surface area contributed by atoms with E-state index in [4.69, 9.17) is 34.7 Å². The largest absolute Gasteiger partial charge is 0.481 e. The number of hydrogen-bond donors (Lipinski definition) is 5. The van der Waals surface area contributed by atoms with Crippen LogP contribution in [0.2, 0.25) is 0 Å². The third-order valence-corrected chi connectivity index (χ3v) is 29.7. The number of hydrogen-bond acceptors (Lipinski definition) is 21. The fourth-order valence-corrected chi connectivity index (χ4v) is 25.3. The highest BCUT2D eigenvalue weighted by Crippen LogP contribution is 2.54. The van der Waals surface area contributed by atoms with Gasteiger partial charge in [0.15, 0.2) is 0 Å². The molecule has 14 aliphatic heterocycles. The highest BCUT2D eigenvalue weighted by Gasteiger charge is 2.57. The molecule has 0 bridgehead atoms. The molecule has 0 radical (unpaired) electrons. The minimum Gasteiger partial charge on any atom is -0.481 e. The van der Waals surface area contributed by atoms with Gasteiger partial charge >= 0.3 is 17.9 Å². The van der Waals surface area contributed by atoms with Gasteiger partial charge in [0.25, 0.3) is 5.92 Å². The number of nitrogens with zero attached hydrogens (tertiary/aromatic N) is 14. The Bertz CT molecular complexity index is 5030. The average molecular weight is 1960 g/mol. The number of carbonyl (C=O) groups is 4. The number of aliphatic imine (C=N–C) groups is 6. The second-order valence-corrected chi connectivity index (χ2v) is 55.6. The van der Waals surface area contributed by atoms with Gasteiger partial charge in [0.2, 0.25) is 15.9 Å². The number of morpholine rings is 1. The molecule has 0 spiro atoms. The van der Waals surface area contributed by atoms with E-state index < -0.39 is 64.7 Å². The lowest BCUT2D eigenvalue weighted by molar-refractivity contribution is -0.143. The van der Waals surface area contributed by atoms with Crippen molar-refractivity contribution in [3.05, 3.63) is 67.6 Å². The number of likely N-dealkylation sites (tertiary alicyclic amines) is 1. The molecule has 26 nitrogen and oxygen atoms in total. The molecule has 0 aromatic heterocycles. The van der Waals surface area contributed by atoms with Crippen molar-refractivity contribution in [1.29, 1.82) is 0 Å². The lowest BCUT2D eigenvalue weighted by atomic mass is 9.77. The zero-order chi connectivity index (χ0) is 106. The highest BCUT2D eigenvalue weighted by molar-refractivity contribution is 7.88. The Morgan fingerprint density at radius 1 is 0.345 bits per heavy atom. The van der Waals surface area contributed by atoms with Crippen molar-refractivity contribution in [1.82, 2.24) is 49.2 Å². The van der Waals surface area contributed by atoms with Crippen LogP contribution in [-0.4, -0.2) is 274 Å². The molecule has 786 valence electrons. The molecule has 0 aliphatic carbocycles.